The van der Waals surface area contributed by atoms with Crippen molar-refractivity contribution in [3.05, 3.63) is 52.2 Å². The molecule has 0 amide bonds. The van der Waals surface area contributed by atoms with Gasteiger partial charge in [-0.3, -0.25) is 0 Å². The van der Waals surface area contributed by atoms with Gasteiger partial charge in [-0.15, -0.1) is 11.3 Å². The summed E-state index contributed by atoms with van der Waals surface area (Å²) in [5, 5.41) is 5.76. The lowest BCUT2D eigenvalue weighted by Crippen LogP contribution is -2.08. The maximum Gasteiger partial charge on any atom is 0.0603 e. The van der Waals surface area contributed by atoms with Crippen LogP contribution in [0.4, 0.5) is 5.69 Å². The Labute approximate surface area is 108 Å². The van der Waals surface area contributed by atoms with E-state index in [1.54, 1.807) is 0 Å². The largest absolute Gasteiger partial charge is 0.377 e. The maximum atomic E-state index is 3.62. The summed E-state index contributed by atoms with van der Waals surface area (Å²) >= 11 is 1.82. The zero-order valence-corrected chi connectivity index (χ0v) is 11.3. The highest BCUT2D eigenvalue weighted by Crippen LogP contribution is 2.26. The molecule has 1 N–H and O–H groups in total. The lowest BCUT2D eigenvalue weighted by molar-refractivity contribution is 0.763. The zero-order chi connectivity index (χ0) is 12.1. The third kappa shape index (κ3) is 3.10. The number of nitrogens with one attached hydrogen (secondary N) is 1. The highest BCUT2D eigenvalue weighted by atomic mass is 32.1. The molecule has 0 fully saturated rings. The first-order valence-corrected chi connectivity index (χ1v) is 7.10. The minimum Gasteiger partial charge on any atom is -0.377 e. The molecule has 17 heavy (non-hydrogen) atoms. The fourth-order valence-corrected chi connectivity index (χ4v) is 2.81. The van der Waals surface area contributed by atoms with Crippen LogP contribution in [0.2, 0.25) is 0 Å². The highest BCUT2D eigenvalue weighted by molar-refractivity contribution is 7.10. The van der Waals surface area contributed by atoms with Crippen LogP contribution in [-0.4, -0.2) is 0 Å². The van der Waals surface area contributed by atoms with Gasteiger partial charge in [0.25, 0.3) is 0 Å². The Hall–Kier alpha value is -1.28. The summed E-state index contributed by atoms with van der Waals surface area (Å²) in [5.41, 5.74) is 2.61. The predicted octanol–water partition coefficient (Wildman–Crippen LogP) is 4.87. The topological polar surface area (TPSA) is 12.0 Å². The van der Waals surface area contributed by atoms with E-state index in [2.05, 4.69) is 60.9 Å². The van der Waals surface area contributed by atoms with Crippen molar-refractivity contribution in [2.24, 2.45) is 0 Å². The average molecular weight is 245 g/mol. The number of rotatable bonds is 5. The second kappa shape index (κ2) is 5.87. The van der Waals surface area contributed by atoms with Gasteiger partial charge in [0.1, 0.15) is 0 Å². The number of hydrogen-bond donors (Lipinski definition) is 1. The van der Waals surface area contributed by atoms with Crippen LogP contribution in [0.25, 0.3) is 0 Å². The molecule has 1 unspecified atom stereocenters. The molecule has 0 radical (unpaired) electrons. The number of hydrogen-bond acceptors (Lipinski definition) is 2. The van der Waals surface area contributed by atoms with E-state index in [1.807, 2.05) is 11.3 Å². The molecular formula is C15H19NS. The number of benzene rings is 1. The molecule has 90 valence electrons. The second-order valence-electron chi connectivity index (χ2n) is 4.17. The van der Waals surface area contributed by atoms with Gasteiger partial charge in [-0.2, -0.15) is 0 Å². The Morgan fingerprint density at radius 2 is 2.06 bits per heavy atom. The summed E-state index contributed by atoms with van der Waals surface area (Å²) in [4.78, 5) is 1.41. The van der Waals surface area contributed by atoms with Crippen LogP contribution in [0.15, 0.2) is 41.8 Å². The summed E-state index contributed by atoms with van der Waals surface area (Å²) in [6.07, 6.45) is 2.20. The van der Waals surface area contributed by atoms with Gasteiger partial charge in [0.2, 0.25) is 0 Å². The van der Waals surface area contributed by atoms with E-state index in [0.29, 0.717) is 6.04 Å². The third-order valence-electron chi connectivity index (χ3n) is 2.97. The predicted molar refractivity (Wildman–Crippen MR) is 76.8 cm³/mol. The van der Waals surface area contributed by atoms with Crippen LogP contribution in [0.3, 0.4) is 0 Å². The second-order valence-corrected chi connectivity index (χ2v) is 5.15. The number of anilines is 1. The van der Waals surface area contributed by atoms with Gasteiger partial charge < -0.3 is 5.32 Å². The fourth-order valence-electron chi connectivity index (χ4n) is 1.95. The Kier molecular flexibility index (Phi) is 4.21. The first-order chi connectivity index (χ1) is 8.33. The van der Waals surface area contributed by atoms with Crippen molar-refractivity contribution in [3.8, 4) is 0 Å². The van der Waals surface area contributed by atoms with E-state index < -0.39 is 0 Å². The molecule has 0 aliphatic heterocycles. The summed E-state index contributed by atoms with van der Waals surface area (Å²) in [6, 6.07) is 13.5. The molecule has 0 spiro atoms. The third-order valence-corrected chi connectivity index (χ3v) is 3.96. The van der Waals surface area contributed by atoms with Gasteiger partial charge in [0.05, 0.1) is 6.04 Å². The normalized spacial score (nSPS) is 12.4. The molecule has 0 saturated carbocycles. The van der Waals surface area contributed by atoms with Crippen LogP contribution in [0, 0.1) is 0 Å². The lowest BCUT2D eigenvalue weighted by Gasteiger charge is -2.17. The van der Waals surface area contributed by atoms with Crippen molar-refractivity contribution in [1.82, 2.24) is 0 Å². The minimum absolute atomic E-state index is 0.433. The molecular weight excluding hydrogens is 226 g/mol. The average Bonchev–Trinajstić information content (AvgIpc) is 2.90. The van der Waals surface area contributed by atoms with Crippen molar-refractivity contribution in [2.75, 3.05) is 5.32 Å². The SMILES string of the molecule is CCc1cccc(NC(CC)c2cccs2)c1. The van der Waals surface area contributed by atoms with Crippen molar-refractivity contribution < 1.29 is 0 Å². The quantitative estimate of drug-likeness (QED) is 0.792. The molecule has 0 aliphatic carbocycles. The van der Waals surface area contributed by atoms with Crippen LogP contribution < -0.4 is 5.32 Å². The van der Waals surface area contributed by atoms with Crippen LogP contribution in [0.5, 0.6) is 0 Å². The summed E-state index contributed by atoms with van der Waals surface area (Å²) in [6.45, 7) is 4.41. The lowest BCUT2D eigenvalue weighted by atomic mass is 10.1. The summed E-state index contributed by atoms with van der Waals surface area (Å²) in [7, 11) is 0. The Balaban J connectivity index is 2.13. The van der Waals surface area contributed by atoms with Gasteiger partial charge in [0.15, 0.2) is 0 Å². The van der Waals surface area contributed by atoms with E-state index in [4.69, 9.17) is 0 Å². The van der Waals surface area contributed by atoms with E-state index in [-0.39, 0.29) is 0 Å². The van der Waals surface area contributed by atoms with Crippen LogP contribution in [0.1, 0.15) is 36.8 Å². The fraction of sp³-hybridized carbons (Fsp3) is 0.333. The summed E-state index contributed by atoms with van der Waals surface area (Å²) in [5.74, 6) is 0. The number of thiophene rings is 1. The maximum absolute atomic E-state index is 3.62. The van der Waals surface area contributed by atoms with Gasteiger partial charge >= 0.3 is 0 Å². The molecule has 1 heterocycles. The Morgan fingerprint density at radius 3 is 2.71 bits per heavy atom. The van der Waals surface area contributed by atoms with Crippen LogP contribution >= 0.6 is 11.3 Å². The van der Waals surface area contributed by atoms with Crippen molar-refractivity contribution in [3.63, 3.8) is 0 Å². The van der Waals surface area contributed by atoms with Crippen molar-refractivity contribution >= 4 is 17.0 Å². The van der Waals surface area contributed by atoms with Gasteiger partial charge in [-0.05, 0) is 42.0 Å². The monoisotopic (exact) mass is 245 g/mol. The number of aryl methyl sites for hydroxylation is 1. The Bertz CT molecular complexity index is 448. The zero-order valence-electron chi connectivity index (χ0n) is 10.4. The van der Waals surface area contributed by atoms with Gasteiger partial charge in [0, 0.05) is 10.6 Å². The molecule has 1 aromatic heterocycles. The van der Waals surface area contributed by atoms with Crippen molar-refractivity contribution in [2.45, 2.75) is 32.7 Å². The van der Waals surface area contributed by atoms with E-state index in [1.165, 1.54) is 16.1 Å². The molecule has 0 bridgehead atoms. The molecule has 2 aromatic rings. The van der Waals surface area contributed by atoms with E-state index in [9.17, 15) is 0 Å². The van der Waals surface area contributed by atoms with Crippen molar-refractivity contribution in [1.29, 1.82) is 0 Å². The molecule has 1 atom stereocenters. The molecule has 1 aromatic carbocycles. The standard InChI is InChI=1S/C15H19NS/c1-3-12-7-5-8-13(11-12)16-14(4-2)15-9-6-10-17-15/h5-11,14,16H,3-4H2,1-2H3. The Morgan fingerprint density at radius 1 is 1.18 bits per heavy atom. The summed E-state index contributed by atoms with van der Waals surface area (Å²) < 4.78 is 0. The van der Waals surface area contributed by atoms with E-state index in [0.717, 1.165) is 12.8 Å². The molecule has 2 heteroatoms. The first kappa shape index (κ1) is 12.2. The van der Waals surface area contributed by atoms with Gasteiger partial charge in [-0.25, -0.2) is 0 Å². The minimum atomic E-state index is 0.433. The molecule has 0 saturated heterocycles. The molecule has 1 nitrogen and oxygen atoms in total. The first-order valence-electron chi connectivity index (χ1n) is 6.22. The smallest absolute Gasteiger partial charge is 0.0603 e. The molecule has 0 aliphatic rings. The molecule has 2 rings (SSSR count). The van der Waals surface area contributed by atoms with Crippen LogP contribution in [-0.2, 0) is 6.42 Å². The van der Waals surface area contributed by atoms with Gasteiger partial charge in [-0.1, -0.05) is 32.0 Å². The van der Waals surface area contributed by atoms with E-state index >= 15 is 0 Å². The highest BCUT2D eigenvalue weighted by Gasteiger charge is 2.09.